The largest absolute Gasteiger partial charge is 0.389 e. The Balaban J connectivity index is 1.83. The molecular formula is C13H15BrF3N. The number of hydrogen-bond acceptors (Lipinski definition) is 1. The van der Waals surface area contributed by atoms with Crippen molar-refractivity contribution in [3.63, 3.8) is 0 Å². The van der Waals surface area contributed by atoms with E-state index in [1.807, 2.05) is 12.1 Å². The molecule has 0 heterocycles. The van der Waals surface area contributed by atoms with Gasteiger partial charge in [-0.2, -0.15) is 13.2 Å². The van der Waals surface area contributed by atoms with Crippen LogP contribution < -0.4 is 5.32 Å². The molecule has 1 aromatic rings. The van der Waals surface area contributed by atoms with Gasteiger partial charge in [0.1, 0.15) is 0 Å². The van der Waals surface area contributed by atoms with E-state index in [1.165, 1.54) is 11.1 Å². The Kier molecular flexibility index (Phi) is 4.33. The Labute approximate surface area is 113 Å². The van der Waals surface area contributed by atoms with Crippen molar-refractivity contribution in [2.75, 3.05) is 6.54 Å². The monoisotopic (exact) mass is 321 g/mol. The number of hydrogen-bond donors (Lipinski definition) is 1. The Hall–Kier alpha value is -0.550. The van der Waals surface area contributed by atoms with Gasteiger partial charge < -0.3 is 5.32 Å². The molecule has 1 aliphatic carbocycles. The van der Waals surface area contributed by atoms with Crippen LogP contribution in [0.1, 0.15) is 36.4 Å². The fourth-order valence-corrected chi connectivity index (χ4v) is 2.77. The van der Waals surface area contributed by atoms with E-state index in [-0.39, 0.29) is 12.5 Å². The minimum Gasteiger partial charge on any atom is -0.310 e. The molecule has 100 valence electrons. The maximum absolute atomic E-state index is 12.0. The van der Waals surface area contributed by atoms with Crippen LogP contribution in [0.4, 0.5) is 13.2 Å². The molecule has 1 aromatic carbocycles. The molecule has 5 heteroatoms. The van der Waals surface area contributed by atoms with Crippen molar-refractivity contribution >= 4 is 15.9 Å². The lowest BCUT2D eigenvalue weighted by molar-refractivity contribution is -0.135. The van der Waals surface area contributed by atoms with Crippen molar-refractivity contribution in [2.24, 2.45) is 0 Å². The highest BCUT2D eigenvalue weighted by Gasteiger charge is 2.27. The van der Waals surface area contributed by atoms with Crippen LogP contribution >= 0.6 is 15.9 Å². The fraction of sp³-hybridized carbons (Fsp3) is 0.538. The number of nitrogens with one attached hydrogen (secondary N) is 1. The van der Waals surface area contributed by atoms with Crippen molar-refractivity contribution in [3.05, 3.63) is 33.8 Å². The molecular weight excluding hydrogens is 307 g/mol. The molecule has 0 fully saturated rings. The van der Waals surface area contributed by atoms with Crippen molar-refractivity contribution in [2.45, 2.75) is 37.9 Å². The Morgan fingerprint density at radius 1 is 1.33 bits per heavy atom. The zero-order chi connectivity index (χ0) is 13.2. The van der Waals surface area contributed by atoms with Gasteiger partial charge in [0.15, 0.2) is 0 Å². The lowest BCUT2D eigenvalue weighted by Crippen LogP contribution is -2.22. The van der Waals surface area contributed by atoms with E-state index < -0.39 is 12.6 Å². The molecule has 0 radical (unpaired) electrons. The minimum atomic E-state index is -4.04. The summed E-state index contributed by atoms with van der Waals surface area (Å²) in [6.07, 6.45) is -2.64. The van der Waals surface area contributed by atoms with E-state index in [4.69, 9.17) is 0 Å². The zero-order valence-electron chi connectivity index (χ0n) is 9.86. The number of halogens is 4. The molecule has 1 N–H and O–H groups in total. The molecule has 18 heavy (non-hydrogen) atoms. The van der Waals surface area contributed by atoms with Gasteiger partial charge in [0.2, 0.25) is 0 Å². The average molecular weight is 322 g/mol. The minimum absolute atomic E-state index is 0.145. The molecule has 0 spiro atoms. The molecule has 1 aliphatic rings. The fourth-order valence-electron chi connectivity index (χ4n) is 2.36. The van der Waals surface area contributed by atoms with Gasteiger partial charge in [0.25, 0.3) is 0 Å². The Bertz CT molecular complexity index is 417. The maximum atomic E-state index is 12.0. The van der Waals surface area contributed by atoms with Gasteiger partial charge in [-0.25, -0.2) is 0 Å². The van der Waals surface area contributed by atoms with Gasteiger partial charge in [-0.15, -0.1) is 0 Å². The van der Waals surface area contributed by atoms with E-state index in [0.717, 1.165) is 17.3 Å². The summed E-state index contributed by atoms with van der Waals surface area (Å²) in [5, 5.41) is 3.21. The van der Waals surface area contributed by atoms with E-state index >= 15 is 0 Å². The number of rotatable bonds is 4. The van der Waals surface area contributed by atoms with Crippen molar-refractivity contribution in [1.82, 2.24) is 5.32 Å². The number of benzene rings is 1. The van der Waals surface area contributed by atoms with Crippen LogP contribution in [-0.4, -0.2) is 12.7 Å². The topological polar surface area (TPSA) is 12.0 Å². The molecule has 0 saturated heterocycles. The third-order valence-electron chi connectivity index (χ3n) is 3.21. The number of fused-ring (bicyclic) bond motifs is 1. The molecule has 2 rings (SSSR count). The predicted octanol–water partition coefficient (Wildman–Crippen LogP) is 4.37. The molecule has 0 aromatic heterocycles. The highest BCUT2D eigenvalue weighted by Crippen LogP contribution is 2.33. The smallest absolute Gasteiger partial charge is 0.310 e. The molecule has 0 amide bonds. The van der Waals surface area contributed by atoms with Crippen molar-refractivity contribution in [3.8, 4) is 0 Å². The molecule has 0 bridgehead atoms. The summed E-state index contributed by atoms with van der Waals surface area (Å²) in [5.74, 6) is 0. The summed E-state index contributed by atoms with van der Waals surface area (Å²) in [6, 6.07) is 6.33. The highest BCUT2D eigenvalue weighted by atomic mass is 79.9. The lowest BCUT2D eigenvalue weighted by atomic mass is 10.1. The van der Waals surface area contributed by atoms with E-state index in [0.29, 0.717) is 6.54 Å². The van der Waals surface area contributed by atoms with Crippen molar-refractivity contribution in [1.29, 1.82) is 0 Å². The molecule has 1 unspecified atom stereocenters. The molecule has 0 aliphatic heterocycles. The second-order valence-electron chi connectivity index (χ2n) is 4.61. The summed E-state index contributed by atoms with van der Waals surface area (Å²) in [7, 11) is 0. The second kappa shape index (κ2) is 5.61. The summed E-state index contributed by atoms with van der Waals surface area (Å²) in [6.45, 7) is 0.416. The van der Waals surface area contributed by atoms with Gasteiger partial charge in [-0.1, -0.05) is 22.0 Å². The van der Waals surface area contributed by atoms with E-state index in [1.54, 1.807) is 0 Å². The molecule has 1 atom stereocenters. The van der Waals surface area contributed by atoms with Gasteiger partial charge >= 0.3 is 6.18 Å². The van der Waals surface area contributed by atoms with Crippen LogP contribution in [0.25, 0.3) is 0 Å². The Morgan fingerprint density at radius 3 is 2.83 bits per heavy atom. The molecule has 0 saturated carbocycles. The van der Waals surface area contributed by atoms with Crippen LogP contribution in [0, 0.1) is 0 Å². The normalized spacial score (nSPS) is 19.0. The first-order valence-corrected chi connectivity index (χ1v) is 6.83. The molecule has 1 nitrogen and oxygen atoms in total. The summed E-state index contributed by atoms with van der Waals surface area (Å²) < 4.78 is 37.1. The van der Waals surface area contributed by atoms with Gasteiger partial charge in [-0.3, -0.25) is 0 Å². The quantitative estimate of drug-likeness (QED) is 0.812. The SMILES string of the molecule is FC(F)(F)CCCNC1CCc2cc(Br)ccc21. The van der Waals surface area contributed by atoms with Crippen LogP contribution in [0.5, 0.6) is 0 Å². The van der Waals surface area contributed by atoms with E-state index in [2.05, 4.69) is 27.3 Å². The average Bonchev–Trinajstić information content (AvgIpc) is 2.65. The third-order valence-corrected chi connectivity index (χ3v) is 3.70. The highest BCUT2D eigenvalue weighted by molar-refractivity contribution is 9.10. The van der Waals surface area contributed by atoms with Gasteiger partial charge in [0, 0.05) is 16.9 Å². The lowest BCUT2D eigenvalue weighted by Gasteiger charge is -2.14. The summed E-state index contributed by atoms with van der Waals surface area (Å²) >= 11 is 3.43. The second-order valence-corrected chi connectivity index (χ2v) is 5.52. The van der Waals surface area contributed by atoms with Crippen LogP contribution in [0.3, 0.4) is 0 Å². The first kappa shape index (κ1) is 13.9. The number of aryl methyl sites for hydroxylation is 1. The predicted molar refractivity (Wildman–Crippen MR) is 68.5 cm³/mol. The van der Waals surface area contributed by atoms with Gasteiger partial charge in [0.05, 0.1) is 0 Å². The number of alkyl halides is 3. The van der Waals surface area contributed by atoms with Crippen molar-refractivity contribution < 1.29 is 13.2 Å². The van der Waals surface area contributed by atoms with E-state index in [9.17, 15) is 13.2 Å². The zero-order valence-corrected chi connectivity index (χ0v) is 11.4. The maximum Gasteiger partial charge on any atom is 0.389 e. The first-order chi connectivity index (χ1) is 8.46. The first-order valence-electron chi connectivity index (χ1n) is 6.04. The standard InChI is InChI=1S/C13H15BrF3N/c14-10-3-4-11-9(8-10)2-5-12(11)18-7-1-6-13(15,16)17/h3-4,8,12,18H,1-2,5-7H2. The summed E-state index contributed by atoms with van der Waals surface area (Å²) in [5.41, 5.74) is 2.52. The van der Waals surface area contributed by atoms with Crippen LogP contribution in [0.2, 0.25) is 0 Å². The van der Waals surface area contributed by atoms with Crippen LogP contribution in [-0.2, 0) is 6.42 Å². The van der Waals surface area contributed by atoms with Gasteiger partial charge in [-0.05, 0) is 49.1 Å². The third kappa shape index (κ3) is 3.72. The summed E-state index contributed by atoms with van der Waals surface area (Å²) in [4.78, 5) is 0. The van der Waals surface area contributed by atoms with Crippen LogP contribution in [0.15, 0.2) is 22.7 Å². The Morgan fingerprint density at radius 2 is 2.11 bits per heavy atom.